The van der Waals surface area contributed by atoms with Crippen molar-refractivity contribution in [1.29, 1.82) is 0 Å². The van der Waals surface area contributed by atoms with E-state index in [0.717, 1.165) is 25.9 Å². The predicted molar refractivity (Wildman–Crippen MR) is 91.9 cm³/mol. The number of aromatic nitrogens is 4. The molecule has 1 fully saturated rings. The molecule has 8 nitrogen and oxygen atoms in total. The lowest BCUT2D eigenvalue weighted by Gasteiger charge is -2.26. The molecule has 2 aromatic rings. The van der Waals surface area contributed by atoms with Crippen LogP contribution in [0.2, 0.25) is 0 Å². The highest BCUT2D eigenvalue weighted by molar-refractivity contribution is 5.75. The van der Waals surface area contributed by atoms with Gasteiger partial charge in [0.25, 0.3) is 0 Å². The zero-order valence-corrected chi connectivity index (χ0v) is 15.3. The molecule has 136 valence electrons. The van der Waals surface area contributed by atoms with Crippen LogP contribution in [0.25, 0.3) is 0 Å². The van der Waals surface area contributed by atoms with Crippen LogP contribution in [0, 0.1) is 0 Å². The molecule has 0 saturated carbocycles. The van der Waals surface area contributed by atoms with Gasteiger partial charge in [-0.3, -0.25) is 0 Å². The van der Waals surface area contributed by atoms with E-state index in [-0.39, 0.29) is 23.5 Å². The largest absolute Gasteiger partial charge is 0.337 e. The molecule has 8 heteroatoms. The molecular formula is C17H26N6O2. The number of carbonyl (C=O) groups excluding carboxylic acids is 1. The minimum Gasteiger partial charge on any atom is -0.337 e. The van der Waals surface area contributed by atoms with E-state index in [2.05, 4.69) is 20.4 Å². The van der Waals surface area contributed by atoms with Crippen LogP contribution in [0.3, 0.4) is 0 Å². The zero-order valence-electron chi connectivity index (χ0n) is 15.3. The first-order valence-electron chi connectivity index (χ1n) is 8.71. The number of rotatable bonds is 4. The lowest BCUT2D eigenvalue weighted by molar-refractivity contribution is 0.181. The first-order chi connectivity index (χ1) is 11.8. The van der Waals surface area contributed by atoms with Crippen LogP contribution < -0.4 is 5.32 Å². The van der Waals surface area contributed by atoms with Crippen molar-refractivity contribution in [2.45, 2.75) is 64.6 Å². The van der Waals surface area contributed by atoms with Crippen LogP contribution in [-0.2, 0) is 12.0 Å². The molecule has 1 saturated heterocycles. The molecule has 0 bridgehead atoms. The van der Waals surface area contributed by atoms with Gasteiger partial charge in [0.1, 0.15) is 6.04 Å². The highest BCUT2D eigenvalue weighted by atomic mass is 16.5. The third-order valence-corrected chi connectivity index (χ3v) is 4.44. The second-order valence-corrected chi connectivity index (χ2v) is 7.63. The number of amides is 2. The lowest BCUT2D eigenvalue weighted by Crippen LogP contribution is -2.45. The van der Waals surface area contributed by atoms with E-state index in [1.165, 1.54) is 0 Å². The summed E-state index contributed by atoms with van der Waals surface area (Å²) in [5, 5.41) is 7.00. The second kappa shape index (κ2) is 6.85. The Morgan fingerprint density at radius 3 is 2.92 bits per heavy atom. The van der Waals surface area contributed by atoms with Gasteiger partial charge in [-0.25, -0.2) is 9.78 Å². The van der Waals surface area contributed by atoms with Crippen molar-refractivity contribution in [1.82, 2.24) is 29.9 Å². The quantitative estimate of drug-likeness (QED) is 0.919. The van der Waals surface area contributed by atoms with Crippen LogP contribution in [-0.4, -0.2) is 43.2 Å². The van der Waals surface area contributed by atoms with Crippen LogP contribution in [0.4, 0.5) is 4.79 Å². The van der Waals surface area contributed by atoms with E-state index >= 15 is 0 Å². The topological polar surface area (TPSA) is 89.1 Å². The molecule has 2 amide bonds. The van der Waals surface area contributed by atoms with E-state index in [1.54, 1.807) is 12.5 Å². The summed E-state index contributed by atoms with van der Waals surface area (Å²) in [7, 11) is 0. The van der Waals surface area contributed by atoms with Crippen molar-refractivity contribution < 1.29 is 9.32 Å². The van der Waals surface area contributed by atoms with Gasteiger partial charge >= 0.3 is 6.03 Å². The Hall–Kier alpha value is -2.38. The number of urea groups is 1. The molecule has 2 aromatic heterocycles. The first kappa shape index (κ1) is 17.4. The average molecular weight is 346 g/mol. The van der Waals surface area contributed by atoms with Crippen LogP contribution in [0.1, 0.15) is 58.3 Å². The summed E-state index contributed by atoms with van der Waals surface area (Å²) >= 11 is 0. The first-order valence-corrected chi connectivity index (χ1v) is 8.71. The highest BCUT2D eigenvalue weighted by Gasteiger charge is 2.31. The molecule has 3 rings (SSSR count). The predicted octanol–water partition coefficient (Wildman–Crippen LogP) is 2.50. The summed E-state index contributed by atoms with van der Waals surface area (Å²) in [6.45, 7) is 9.45. The Balaban J connectivity index is 1.61. The third-order valence-electron chi connectivity index (χ3n) is 4.44. The van der Waals surface area contributed by atoms with Crippen molar-refractivity contribution in [2.24, 2.45) is 0 Å². The van der Waals surface area contributed by atoms with Crippen molar-refractivity contribution >= 4 is 6.03 Å². The second-order valence-electron chi connectivity index (χ2n) is 7.63. The van der Waals surface area contributed by atoms with Crippen molar-refractivity contribution in [3.8, 4) is 0 Å². The maximum atomic E-state index is 12.7. The molecule has 3 heterocycles. The fourth-order valence-electron chi connectivity index (χ4n) is 2.98. The van der Waals surface area contributed by atoms with Gasteiger partial charge in [0.2, 0.25) is 5.89 Å². The molecule has 1 aliphatic rings. The maximum Gasteiger partial charge on any atom is 0.318 e. The normalized spacial score (nSPS) is 19.2. The molecule has 0 aliphatic carbocycles. The summed E-state index contributed by atoms with van der Waals surface area (Å²) in [6.07, 6.45) is 7.46. The van der Waals surface area contributed by atoms with E-state index < -0.39 is 0 Å². The van der Waals surface area contributed by atoms with Crippen molar-refractivity contribution in [3.05, 3.63) is 30.4 Å². The summed E-state index contributed by atoms with van der Waals surface area (Å²) in [6, 6.07) is -0.245. The number of nitrogens with zero attached hydrogens (tertiary/aromatic N) is 5. The van der Waals surface area contributed by atoms with Crippen LogP contribution >= 0.6 is 0 Å². The van der Waals surface area contributed by atoms with Crippen molar-refractivity contribution in [2.75, 3.05) is 6.54 Å². The lowest BCUT2D eigenvalue weighted by atomic mass is 9.96. The third kappa shape index (κ3) is 4.00. The summed E-state index contributed by atoms with van der Waals surface area (Å²) < 4.78 is 7.33. The minimum atomic E-state index is -0.328. The van der Waals surface area contributed by atoms with Gasteiger partial charge in [-0.15, -0.1) is 0 Å². The Morgan fingerprint density at radius 1 is 1.48 bits per heavy atom. The fraction of sp³-hybridized carbons (Fsp3) is 0.647. The standard InChI is InChI=1S/C17H26N6O2/c1-12(14-20-15(21-25-14)17(2,3)4)19-16(24)23-8-5-6-13(23)10-22-9-7-18-11-22/h7,9,11-13H,5-6,8,10H2,1-4H3,(H,19,24)/t12-,13-/m0/s1. The number of hydrogen-bond donors (Lipinski definition) is 1. The number of imidazole rings is 1. The van der Waals surface area contributed by atoms with E-state index in [4.69, 9.17) is 4.52 Å². The Labute approximate surface area is 147 Å². The molecular weight excluding hydrogens is 320 g/mol. The monoisotopic (exact) mass is 346 g/mol. The SMILES string of the molecule is C[C@H](NC(=O)N1CCC[C@H]1Cn1ccnc1)c1nc(C(C)(C)C)no1. The van der Waals surface area contributed by atoms with Gasteiger partial charge in [-0.1, -0.05) is 25.9 Å². The maximum absolute atomic E-state index is 12.7. The minimum absolute atomic E-state index is 0.0920. The van der Waals surface area contributed by atoms with E-state index in [0.29, 0.717) is 11.7 Å². The van der Waals surface area contributed by atoms with Gasteiger partial charge in [0.15, 0.2) is 5.82 Å². The average Bonchev–Trinajstić information content (AvgIpc) is 3.28. The van der Waals surface area contributed by atoms with Crippen molar-refractivity contribution in [3.63, 3.8) is 0 Å². The Morgan fingerprint density at radius 2 is 2.28 bits per heavy atom. The molecule has 2 atom stereocenters. The number of carbonyl (C=O) groups is 1. The zero-order chi connectivity index (χ0) is 18.0. The van der Waals surface area contributed by atoms with Gasteiger partial charge in [-0.2, -0.15) is 4.98 Å². The molecule has 0 radical (unpaired) electrons. The fourth-order valence-corrected chi connectivity index (χ4v) is 2.98. The van der Waals surface area contributed by atoms with Gasteiger partial charge < -0.3 is 19.3 Å². The number of hydrogen-bond acceptors (Lipinski definition) is 5. The number of nitrogens with one attached hydrogen (secondary N) is 1. The molecule has 0 aromatic carbocycles. The highest BCUT2D eigenvalue weighted by Crippen LogP contribution is 2.22. The van der Waals surface area contributed by atoms with Gasteiger partial charge in [0.05, 0.1) is 12.4 Å². The molecule has 0 unspecified atom stereocenters. The van der Waals surface area contributed by atoms with Gasteiger partial charge in [0, 0.05) is 30.9 Å². The molecule has 1 N–H and O–H groups in total. The number of likely N-dealkylation sites (tertiary alicyclic amines) is 1. The summed E-state index contributed by atoms with van der Waals surface area (Å²) in [5.74, 6) is 1.08. The molecule has 0 spiro atoms. The van der Waals surface area contributed by atoms with Gasteiger partial charge in [-0.05, 0) is 19.8 Å². The van der Waals surface area contributed by atoms with E-state index in [1.807, 2.05) is 43.4 Å². The summed E-state index contributed by atoms with van der Waals surface area (Å²) in [5.41, 5.74) is -0.184. The Kier molecular flexibility index (Phi) is 4.78. The molecule has 1 aliphatic heterocycles. The van der Waals surface area contributed by atoms with E-state index in [9.17, 15) is 4.79 Å². The Bertz CT molecular complexity index is 703. The van der Waals surface area contributed by atoms with Crippen LogP contribution in [0.15, 0.2) is 23.2 Å². The van der Waals surface area contributed by atoms with Crippen LogP contribution in [0.5, 0.6) is 0 Å². The molecule has 25 heavy (non-hydrogen) atoms. The smallest absolute Gasteiger partial charge is 0.318 e. The summed E-state index contributed by atoms with van der Waals surface area (Å²) in [4.78, 5) is 23.0.